The van der Waals surface area contributed by atoms with E-state index in [2.05, 4.69) is 0 Å². The Kier molecular flexibility index (Phi) is 0.824. The number of carboxylic acids is 1. The number of likely N-dealkylation sites (N-methyl/N-ethyl adjacent to an activating group) is 1. The maximum absolute atomic E-state index is 10.3. The van der Waals surface area contributed by atoms with E-state index in [9.17, 15) is 4.79 Å². The molecule has 0 atom stereocenters. The summed E-state index contributed by atoms with van der Waals surface area (Å²) < 4.78 is 33.9. The third-order valence-electron chi connectivity index (χ3n) is 0.549. The molecule has 0 rings (SSSR count). The van der Waals surface area contributed by atoms with Crippen LogP contribution in [0.2, 0.25) is 2.82 Å². The average Bonchev–Trinajstić information content (AvgIpc) is 1.96. The molecule has 0 saturated heterocycles. The van der Waals surface area contributed by atoms with Crippen LogP contribution in [0.25, 0.3) is 0 Å². The Morgan fingerprint density at radius 3 is 3.22 bits per heavy atom. The molecular formula is C4H9N3O2. The summed E-state index contributed by atoms with van der Waals surface area (Å²) in [7, 11) is 0. The van der Waals surface area contributed by atoms with Crippen molar-refractivity contribution in [2.45, 2.75) is 0 Å². The van der Waals surface area contributed by atoms with Gasteiger partial charge in [0.1, 0.15) is 6.54 Å². The number of guanidine groups is 1. The van der Waals surface area contributed by atoms with Crippen LogP contribution in [0.1, 0.15) is 4.11 Å². The number of rotatable bonds is 2. The molecule has 0 aliphatic heterocycles. The summed E-state index contributed by atoms with van der Waals surface area (Å²) in [5.74, 6) is -2.47. The fourth-order valence-electron chi connectivity index (χ4n) is 0.210. The molecule has 0 fully saturated rings. The van der Waals surface area contributed by atoms with Gasteiger partial charge in [0.05, 0.1) is 0 Å². The van der Waals surface area contributed by atoms with Gasteiger partial charge in [-0.05, 0) is 0 Å². The Morgan fingerprint density at radius 2 is 2.89 bits per heavy atom. The van der Waals surface area contributed by atoms with Crippen LogP contribution in [0.4, 0.5) is 0 Å². The lowest BCUT2D eigenvalue weighted by atomic mass is 10.6. The van der Waals surface area contributed by atoms with E-state index in [1.165, 1.54) is 0 Å². The van der Waals surface area contributed by atoms with Crippen LogP contribution >= 0.6 is 0 Å². The molecule has 0 amide bonds. The Morgan fingerprint density at radius 1 is 2.22 bits per heavy atom. The van der Waals surface area contributed by atoms with Gasteiger partial charge in [-0.25, -0.2) is 0 Å². The lowest BCUT2D eigenvalue weighted by Crippen LogP contribution is -2.36. The predicted octanol–water partition coefficient (Wildman–Crippen LogP) is -1.10. The quantitative estimate of drug-likeness (QED) is 0.332. The number of carbonyl (C=O) groups is 1. The molecule has 0 unspecified atom stereocenters. The summed E-state index contributed by atoms with van der Waals surface area (Å²) in [6.45, 7) is -3.81. The Bertz CT molecular complexity index is 240. The maximum Gasteiger partial charge on any atom is 0.323 e. The summed E-state index contributed by atoms with van der Waals surface area (Å²) in [6, 6.07) is 0. The van der Waals surface area contributed by atoms with Gasteiger partial charge in [-0.3, -0.25) is 10.2 Å². The van der Waals surface area contributed by atoms with Crippen molar-refractivity contribution in [3.8, 4) is 0 Å². The van der Waals surface area contributed by atoms with Crippen molar-refractivity contribution < 1.29 is 16.8 Å². The molecule has 5 heteroatoms. The van der Waals surface area contributed by atoms with Gasteiger partial charge in [0, 0.05) is 11.1 Å². The third-order valence-corrected chi connectivity index (χ3v) is 0.549. The molecule has 0 radical (unpaired) electrons. The highest BCUT2D eigenvalue weighted by molar-refractivity contribution is 5.79. The van der Waals surface area contributed by atoms with Crippen LogP contribution in [-0.2, 0) is 4.79 Å². The van der Waals surface area contributed by atoms with E-state index in [-0.39, 0.29) is 10.6 Å². The zero-order valence-corrected chi connectivity index (χ0v) is 4.46. The van der Waals surface area contributed by atoms with Crippen LogP contribution in [0.15, 0.2) is 0 Å². The molecule has 0 aliphatic carbocycles. The van der Waals surface area contributed by atoms with Crippen molar-refractivity contribution in [1.82, 2.24) is 4.90 Å². The average molecular weight is 136 g/mol. The summed E-state index contributed by atoms with van der Waals surface area (Å²) in [6.07, 6.45) is 0. The van der Waals surface area contributed by atoms with Crippen molar-refractivity contribution >= 4 is 11.9 Å². The number of nitrogens with one attached hydrogen (secondary N) is 1. The number of nitrogens with zero attached hydrogens (tertiary/aromatic N) is 1. The number of hydrogen-bond acceptors (Lipinski definition) is 2. The third kappa shape index (κ3) is 3.33. The Balaban J connectivity index is 4.73. The maximum atomic E-state index is 10.3. The van der Waals surface area contributed by atoms with Crippen LogP contribution in [-0.4, -0.2) is 35.5 Å². The first-order chi connectivity index (χ1) is 6.16. The van der Waals surface area contributed by atoms with Gasteiger partial charge in [-0.1, -0.05) is 0 Å². The second-order valence-corrected chi connectivity index (χ2v) is 1.30. The minimum absolute atomic E-state index is 0.162. The molecule has 0 aromatic heterocycles. The van der Waals surface area contributed by atoms with Crippen molar-refractivity contribution in [3.63, 3.8) is 0 Å². The van der Waals surface area contributed by atoms with Crippen molar-refractivity contribution in [2.24, 2.45) is 5.72 Å². The SMILES string of the molecule is [2H]N([2H])C(=N)N(CC(=O)O)C([2H])([2H])[2H]. The lowest BCUT2D eigenvalue weighted by Gasteiger charge is -2.12. The molecule has 0 spiro atoms. The molecule has 0 saturated carbocycles. The van der Waals surface area contributed by atoms with Crippen LogP contribution in [0.3, 0.4) is 0 Å². The first-order valence-electron chi connectivity index (χ1n) is 4.41. The zero-order valence-electron chi connectivity index (χ0n) is 9.46. The van der Waals surface area contributed by atoms with Crippen molar-refractivity contribution in [2.75, 3.05) is 13.5 Å². The van der Waals surface area contributed by atoms with Gasteiger partial charge < -0.3 is 15.7 Å². The van der Waals surface area contributed by atoms with Crippen molar-refractivity contribution in [1.29, 1.82) is 5.41 Å². The summed E-state index contributed by atoms with van der Waals surface area (Å²) in [5, 5.41) is 15.4. The first-order valence-corrected chi connectivity index (χ1v) is 2.02. The van der Waals surface area contributed by atoms with Gasteiger partial charge in [0.25, 0.3) is 0 Å². The summed E-state index contributed by atoms with van der Waals surface area (Å²) in [4.78, 5) is 10.4. The van der Waals surface area contributed by atoms with E-state index in [0.29, 0.717) is 0 Å². The zero-order chi connectivity index (χ0) is 11.5. The van der Waals surface area contributed by atoms with Gasteiger partial charge in [0.15, 0.2) is 8.78 Å². The minimum atomic E-state index is -2.85. The monoisotopic (exact) mass is 136 g/mol. The molecule has 0 aromatic carbocycles. The summed E-state index contributed by atoms with van der Waals surface area (Å²) in [5.41, 5.74) is -0.269. The molecule has 5 nitrogen and oxygen atoms in total. The molecule has 0 aliphatic rings. The summed E-state index contributed by atoms with van der Waals surface area (Å²) >= 11 is 0. The fraction of sp³-hybridized carbons (Fsp3) is 0.500. The van der Waals surface area contributed by atoms with E-state index in [1.807, 2.05) is 0 Å². The molecular weight excluding hydrogens is 122 g/mol. The fourth-order valence-corrected chi connectivity index (χ4v) is 0.210. The Hall–Kier alpha value is -1.26. The molecule has 9 heavy (non-hydrogen) atoms. The highest BCUT2D eigenvalue weighted by Crippen LogP contribution is 1.76. The lowest BCUT2D eigenvalue weighted by molar-refractivity contribution is -0.137. The van der Waals surface area contributed by atoms with E-state index in [1.54, 1.807) is 0 Å². The van der Waals surface area contributed by atoms with Crippen molar-refractivity contribution in [3.05, 3.63) is 0 Å². The van der Waals surface area contributed by atoms with Gasteiger partial charge >= 0.3 is 5.97 Å². The number of aliphatic carboxylic acids is 1. The topological polar surface area (TPSA) is 90.4 Å². The molecule has 4 N–H and O–H groups in total. The molecule has 0 heterocycles. The highest BCUT2D eigenvalue weighted by Gasteiger charge is 2.03. The van der Waals surface area contributed by atoms with Gasteiger partial charge in [0.2, 0.25) is 0 Å². The van der Waals surface area contributed by atoms with Crippen LogP contribution < -0.4 is 5.72 Å². The normalized spacial score (nSPS) is 17.6. The predicted molar refractivity (Wildman–Crippen MR) is 32.2 cm³/mol. The highest BCUT2D eigenvalue weighted by atomic mass is 16.4. The second-order valence-electron chi connectivity index (χ2n) is 1.30. The van der Waals surface area contributed by atoms with E-state index in [4.69, 9.17) is 17.5 Å². The largest absolute Gasteiger partial charge is 0.480 e. The minimum Gasteiger partial charge on any atom is -0.480 e. The Labute approximate surface area is 59.7 Å². The van der Waals surface area contributed by atoms with Gasteiger partial charge in [-0.15, -0.1) is 0 Å². The number of carboxylic acid groups (broad SMARTS) is 1. The van der Waals surface area contributed by atoms with Gasteiger partial charge in [-0.2, -0.15) is 0 Å². The molecule has 52 valence electrons. The van der Waals surface area contributed by atoms with Crippen LogP contribution in [0.5, 0.6) is 0 Å². The van der Waals surface area contributed by atoms with Crippen LogP contribution in [0, 0.1) is 5.41 Å². The molecule has 0 bridgehead atoms. The van der Waals surface area contributed by atoms with E-state index in [0.717, 1.165) is 0 Å². The number of hydrogen-bond donors (Lipinski definition) is 3. The standard InChI is InChI=1S/C4H9N3O2/c1-7(4(5)6)2-3(8)9/h2H2,1H3,(H3,5,6)(H,8,9)/i1D3/hD2. The van der Waals surface area contributed by atoms with E-state index < -0.39 is 25.4 Å². The second kappa shape index (κ2) is 2.91. The smallest absolute Gasteiger partial charge is 0.323 e. The number of nitrogens with two attached hydrogens (primary N) is 1. The first kappa shape index (κ1) is 2.55. The van der Waals surface area contributed by atoms with E-state index >= 15 is 0 Å². The molecule has 0 aromatic rings.